The van der Waals surface area contributed by atoms with Crippen molar-refractivity contribution in [2.45, 2.75) is 43.8 Å². The second-order valence-corrected chi connectivity index (χ2v) is 10.9. The van der Waals surface area contributed by atoms with Gasteiger partial charge in [-0.25, -0.2) is 4.98 Å². The molecule has 0 aliphatic carbocycles. The number of rotatable bonds is 9. The fourth-order valence-corrected chi connectivity index (χ4v) is 6.16. The van der Waals surface area contributed by atoms with Gasteiger partial charge in [0.05, 0.1) is 12.1 Å². The third kappa shape index (κ3) is 5.67. The number of ketones is 1. The summed E-state index contributed by atoms with van der Waals surface area (Å²) in [5, 5.41) is 6.65. The van der Waals surface area contributed by atoms with Gasteiger partial charge in [0.2, 0.25) is 17.6 Å². The van der Waals surface area contributed by atoms with Crippen LogP contribution in [0.5, 0.6) is 0 Å². The zero-order valence-electron chi connectivity index (χ0n) is 21.9. The molecular formula is C28H31N7O4S. The Morgan fingerprint density at radius 2 is 1.93 bits per heavy atom. The molecule has 12 heteroatoms. The Hall–Kier alpha value is -4.32. The molecule has 2 saturated heterocycles. The Kier molecular flexibility index (Phi) is 8.06. The van der Waals surface area contributed by atoms with Crippen LogP contribution in [0.15, 0.2) is 59.0 Å². The van der Waals surface area contributed by atoms with E-state index in [2.05, 4.69) is 15.3 Å². The van der Waals surface area contributed by atoms with E-state index in [9.17, 15) is 19.2 Å². The minimum atomic E-state index is -0.823. The summed E-state index contributed by atoms with van der Waals surface area (Å²) < 4.78 is 0. The lowest BCUT2D eigenvalue weighted by molar-refractivity contribution is -0.144. The SMILES string of the molecule is NC(N)=NCCCC(NC(=O)C1CCC2CN(C(=O)c3cccc4ccccc34)CC(=O)N21)C(=O)c1nccs1. The highest BCUT2D eigenvalue weighted by Crippen LogP contribution is 2.30. The quantitative estimate of drug-likeness (QED) is 0.154. The molecule has 2 aliphatic rings. The number of guanidine groups is 1. The van der Waals surface area contributed by atoms with E-state index < -0.39 is 12.1 Å². The first-order valence-corrected chi connectivity index (χ1v) is 14.1. The van der Waals surface area contributed by atoms with Crippen LogP contribution in [-0.4, -0.2) is 82.0 Å². The van der Waals surface area contributed by atoms with Crippen molar-refractivity contribution in [3.05, 3.63) is 64.6 Å². The van der Waals surface area contributed by atoms with Crippen LogP contribution in [0.3, 0.4) is 0 Å². The molecule has 0 bridgehead atoms. The summed E-state index contributed by atoms with van der Waals surface area (Å²) in [5.41, 5.74) is 11.3. The number of amides is 3. The predicted octanol–water partition coefficient (Wildman–Crippen LogP) is 1.53. The largest absolute Gasteiger partial charge is 0.370 e. The van der Waals surface area contributed by atoms with Crippen LogP contribution in [0.1, 0.15) is 45.8 Å². The van der Waals surface area contributed by atoms with Crippen molar-refractivity contribution >= 4 is 51.6 Å². The van der Waals surface area contributed by atoms with E-state index in [-0.39, 0.29) is 42.1 Å². The van der Waals surface area contributed by atoms with Crippen LogP contribution < -0.4 is 16.8 Å². The third-order valence-electron chi connectivity index (χ3n) is 7.38. The molecule has 3 aromatic rings. The number of nitrogens with zero attached hydrogens (tertiary/aromatic N) is 4. The molecule has 0 spiro atoms. The van der Waals surface area contributed by atoms with Gasteiger partial charge in [-0.2, -0.15) is 0 Å². The molecule has 3 atom stereocenters. The number of fused-ring (bicyclic) bond motifs is 2. The first kappa shape index (κ1) is 27.3. The number of nitrogens with one attached hydrogen (secondary N) is 1. The molecule has 2 aromatic carbocycles. The molecule has 3 unspecified atom stereocenters. The number of nitrogens with two attached hydrogens (primary N) is 2. The van der Waals surface area contributed by atoms with Crippen molar-refractivity contribution in [3.63, 3.8) is 0 Å². The standard InChI is InChI=1S/C28H31N7O4S/c29-28(30)32-12-4-9-21(24(37)26-31-13-14-40-26)33-25(38)22-11-10-18-15-34(16-23(36)35(18)22)27(39)20-8-3-6-17-5-1-2-7-19(17)20/h1-3,5-8,13-14,18,21-22H,4,9-12,15-16H2,(H,33,38)(H4,29,30,32). The number of aliphatic imine (C=N–C) groups is 1. The van der Waals surface area contributed by atoms with Crippen LogP contribution in [0.4, 0.5) is 0 Å². The second kappa shape index (κ2) is 11.8. The van der Waals surface area contributed by atoms with Crippen LogP contribution in [0, 0.1) is 0 Å². The summed E-state index contributed by atoms with van der Waals surface area (Å²) in [7, 11) is 0. The third-order valence-corrected chi connectivity index (χ3v) is 8.17. The number of thiazole rings is 1. The average molecular weight is 562 g/mol. The van der Waals surface area contributed by atoms with E-state index in [0.717, 1.165) is 10.8 Å². The minimum absolute atomic E-state index is 0.0413. The van der Waals surface area contributed by atoms with Crippen molar-refractivity contribution in [1.29, 1.82) is 0 Å². The zero-order valence-corrected chi connectivity index (χ0v) is 22.7. The van der Waals surface area contributed by atoms with E-state index in [4.69, 9.17) is 11.5 Å². The van der Waals surface area contributed by atoms with Crippen molar-refractivity contribution in [2.75, 3.05) is 19.6 Å². The number of Topliss-reactive ketones (excluding diaryl/α,β-unsaturated/α-hetero) is 1. The topological polar surface area (TPSA) is 164 Å². The van der Waals surface area contributed by atoms with Gasteiger partial charge in [0.15, 0.2) is 11.0 Å². The molecular weight excluding hydrogens is 530 g/mol. The average Bonchev–Trinajstić information content (AvgIpc) is 3.64. The lowest BCUT2D eigenvalue weighted by Crippen LogP contribution is -2.60. The summed E-state index contributed by atoms with van der Waals surface area (Å²) in [6, 6.07) is 11.4. The maximum absolute atomic E-state index is 13.5. The fourth-order valence-electron chi connectivity index (χ4n) is 5.53. The molecule has 5 rings (SSSR count). The summed E-state index contributed by atoms with van der Waals surface area (Å²) in [6.45, 7) is 0.552. The Labute approximate surface area is 235 Å². The molecule has 3 amide bonds. The molecule has 2 aliphatic heterocycles. The Morgan fingerprint density at radius 3 is 2.70 bits per heavy atom. The Bertz CT molecular complexity index is 1450. The van der Waals surface area contributed by atoms with Gasteiger partial charge in [-0.3, -0.25) is 24.2 Å². The normalized spacial score (nSPS) is 19.2. The van der Waals surface area contributed by atoms with Crippen LogP contribution in [0.25, 0.3) is 10.8 Å². The number of aromatic nitrogens is 1. The first-order chi connectivity index (χ1) is 19.3. The molecule has 5 N–H and O–H groups in total. The van der Waals surface area contributed by atoms with Gasteiger partial charge < -0.3 is 26.6 Å². The van der Waals surface area contributed by atoms with Gasteiger partial charge in [0, 0.05) is 30.2 Å². The minimum Gasteiger partial charge on any atom is -0.370 e. The van der Waals surface area contributed by atoms with Crippen molar-refractivity contribution in [3.8, 4) is 0 Å². The number of hydrogen-bond donors (Lipinski definition) is 3. The van der Waals surface area contributed by atoms with E-state index in [1.807, 2.05) is 36.4 Å². The maximum atomic E-state index is 13.5. The monoisotopic (exact) mass is 561 g/mol. The molecule has 0 saturated carbocycles. The van der Waals surface area contributed by atoms with E-state index in [1.165, 1.54) is 17.5 Å². The zero-order chi connectivity index (χ0) is 28.2. The van der Waals surface area contributed by atoms with Crippen LogP contribution in [-0.2, 0) is 9.59 Å². The molecule has 208 valence electrons. The van der Waals surface area contributed by atoms with Gasteiger partial charge in [-0.1, -0.05) is 36.4 Å². The Morgan fingerprint density at radius 1 is 1.12 bits per heavy atom. The summed E-state index contributed by atoms with van der Waals surface area (Å²) in [5.74, 6) is -1.20. The number of hydrogen-bond acceptors (Lipinski definition) is 7. The molecule has 2 fully saturated rings. The van der Waals surface area contributed by atoms with E-state index >= 15 is 0 Å². The van der Waals surface area contributed by atoms with Crippen molar-refractivity contribution in [2.24, 2.45) is 16.5 Å². The summed E-state index contributed by atoms with van der Waals surface area (Å²) in [4.78, 5) is 64.5. The highest BCUT2D eigenvalue weighted by Gasteiger charge is 2.46. The lowest BCUT2D eigenvalue weighted by Gasteiger charge is -2.39. The predicted molar refractivity (Wildman–Crippen MR) is 152 cm³/mol. The molecule has 0 radical (unpaired) electrons. The van der Waals surface area contributed by atoms with Gasteiger partial charge in [0.25, 0.3) is 5.91 Å². The number of carbonyl (C=O) groups excluding carboxylic acids is 4. The lowest BCUT2D eigenvalue weighted by atomic mass is 10.0. The van der Waals surface area contributed by atoms with Gasteiger partial charge in [-0.05, 0) is 42.5 Å². The smallest absolute Gasteiger partial charge is 0.255 e. The summed E-state index contributed by atoms with van der Waals surface area (Å²) >= 11 is 1.20. The molecule has 11 nitrogen and oxygen atoms in total. The number of piperazine rings is 1. The first-order valence-electron chi connectivity index (χ1n) is 13.2. The van der Waals surface area contributed by atoms with E-state index in [1.54, 1.807) is 21.2 Å². The van der Waals surface area contributed by atoms with Gasteiger partial charge in [-0.15, -0.1) is 11.3 Å². The van der Waals surface area contributed by atoms with Crippen molar-refractivity contribution in [1.82, 2.24) is 20.1 Å². The van der Waals surface area contributed by atoms with Crippen LogP contribution >= 0.6 is 11.3 Å². The van der Waals surface area contributed by atoms with E-state index in [0.29, 0.717) is 49.3 Å². The molecule has 3 heterocycles. The second-order valence-electron chi connectivity index (χ2n) is 9.97. The molecule has 1 aromatic heterocycles. The Balaban J connectivity index is 1.27. The number of carbonyl (C=O) groups is 4. The van der Waals surface area contributed by atoms with Gasteiger partial charge in [0.1, 0.15) is 12.6 Å². The molecule has 40 heavy (non-hydrogen) atoms. The maximum Gasteiger partial charge on any atom is 0.255 e. The van der Waals surface area contributed by atoms with Gasteiger partial charge >= 0.3 is 0 Å². The summed E-state index contributed by atoms with van der Waals surface area (Å²) in [6.07, 6.45) is 3.36. The van der Waals surface area contributed by atoms with Crippen molar-refractivity contribution < 1.29 is 19.2 Å². The highest BCUT2D eigenvalue weighted by atomic mass is 32.1. The van der Waals surface area contributed by atoms with Crippen LogP contribution in [0.2, 0.25) is 0 Å². The number of benzene rings is 2. The fraction of sp³-hybridized carbons (Fsp3) is 0.357. The highest BCUT2D eigenvalue weighted by molar-refractivity contribution is 7.11.